The van der Waals surface area contributed by atoms with Crippen LogP contribution in [0.3, 0.4) is 0 Å². The quantitative estimate of drug-likeness (QED) is 0.0867. The SMILES string of the molecule is CC[C@@H](C)[C@@H](OC(=O)CC(CC(=O)O)C(=O)O)[C@@H](O)C[C@@H](C)CCCCCC[C@@H](O)C[C@H](O)CNC(C)=O. The van der Waals surface area contributed by atoms with Crippen molar-refractivity contribution >= 4 is 23.8 Å². The molecule has 0 aliphatic heterocycles. The predicted octanol–water partition coefficient (Wildman–Crippen LogP) is 2.49. The van der Waals surface area contributed by atoms with Crippen LogP contribution in [0.4, 0.5) is 0 Å². The van der Waals surface area contributed by atoms with Crippen LogP contribution in [0.2, 0.25) is 0 Å². The van der Waals surface area contributed by atoms with E-state index >= 15 is 0 Å². The highest BCUT2D eigenvalue weighted by molar-refractivity contribution is 5.82. The van der Waals surface area contributed by atoms with Gasteiger partial charge in [-0.05, 0) is 31.1 Å². The van der Waals surface area contributed by atoms with E-state index in [1.165, 1.54) is 6.92 Å². The Labute approximate surface area is 226 Å². The number of carbonyl (C=O) groups excluding carboxylic acids is 2. The van der Waals surface area contributed by atoms with Gasteiger partial charge < -0.3 is 35.6 Å². The van der Waals surface area contributed by atoms with Crippen LogP contribution in [-0.4, -0.2) is 80.3 Å². The van der Waals surface area contributed by atoms with E-state index in [0.29, 0.717) is 19.3 Å². The predicted molar refractivity (Wildman–Crippen MR) is 140 cm³/mol. The van der Waals surface area contributed by atoms with Crippen LogP contribution in [-0.2, 0) is 23.9 Å². The molecule has 0 aliphatic carbocycles. The first kappa shape index (κ1) is 35.8. The number of rotatable bonds is 22. The molecule has 222 valence electrons. The molecule has 1 unspecified atom stereocenters. The van der Waals surface area contributed by atoms with Gasteiger partial charge in [0.15, 0.2) is 0 Å². The van der Waals surface area contributed by atoms with Gasteiger partial charge in [-0.15, -0.1) is 0 Å². The first-order chi connectivity index (χ1) is 17.8. The third-order valence-electron chi connectivity index (χ3n) is 6.79. The molecular weight excluding hydrogens is 498 g/mol. The number of aliphatic hydroxyl groups is 3. The van der Waals surface area contributed by atoms with Crippen LogP contribution < -0.4 is 5.32 Å². The summed E-state index contributed by atoms with van der Waals surface area (Å²) < 4.78 is 5.46. The second-order valence-corrected chi connectivity index (χ2v) is 10.6. The van der Waals surface area contributed by atoms with E-state index in [-0.39, 0.29) is 30.7 Å². The highest BCUT2D eigenvalue weighted by atomic mass is 16.6. The van der Waals surface area contributed by atoms with Crippen molar-refractivity contribution in [1.29, 1.82) is 0 Å². The highest BCUT2D eigenvalue weighted by Gasteiger charge is 2.32. The van der Waals surface area contributed by atoms with Gasteiger partial charge >= 0.3 is 17.9 Å². The maximum absolute atomic E-state index is 12.4. The van der Waals surface area contributed by atoms with Gasteiger partial charge in [-0.3, -0.25) is 19.2 Å². The Bertz CT molecular complexity index is 716. The molecule has 6 N–H and O–H groups in total. The first-order valence-corrected chi connectivity index (χ1v) is 13.7. The average Bonchev–Trinajstić information content (AvgIpc) is 2.81. The maximum atomic E-state index is 12.4. The molecule has 0 heterocycles. The molecule has 0 aromatic rings. The maximum Gasteiger partial charge on any atom is 0.307 e. The van der Waals surface area contributed by atoms with Crippen molar-refractivity contribution in [2.75, 3.05) is 6.54 Å². The summed E-state index contributed by atoms with van der Waals surface area (Å²) in [7, 11) is 0. The summed E-state index contributed by atoms with van der Waals surface area (Å²) in [4.78, 5) is 45.3. The number of hydrogen-bond acceptors (Lipinski definition) is 8. The summed E-state index contributed by atoms with van der Waals surface area (Å²) >= 11 is 0. The minimum Gasteiger partial charge on any atom is -0.481 e. The zero-order chi connectivity index (χ0) is 29.3. The normalized spacial score (nSPS) is 16.9. The number of aliphatic carboxylic acids is 2. The van der Waals surface area contributed by atoms with Gasteiger partial charge in [0, 0.05) is 19.9 Å². The lowest BCUT2D eigenvalue weighted by Crippen LogP contribution is -2.38. The Morgan fingerprint density at radius 1 is 0.842 bits per heavy atom. The summed E-state index contributed by atoms with van der Waals surface area (Å²) in [6.45, 7) is 7.24. The Morgan fingerprint density at radius 3 is 1.97 bits per heavy atom. The summed E-state index contributed by atoms with van der Waals surface area (Å²) in [5, 5.41) is 51.2. The molecule has 0 aliphatic rings. The van der Waals surface area contributed by atoms with Crippen LogP contribution in [0.1, 0.15) is 98.3 Å². The van der Waals surface area contributed by atoms with Gasteiger partial charge in [0.05, 0.1) is 37.1 Å². The molecule has 11 nitrogen and oxygen atoms in total. The molecular formula is C27H49NO10. The number of aliphatic hydroxyl groups excluding tert-OH is 3. The number of esters is 1. The van der Waals surface area contributed by atoms with Crippen molar-refractivity contribution in [3.63, 3.8) is 0 Å². The van der Waals surface area contributed by atoms with Crippen molar-refractivity contribution in [3.8, 4) is 0 Å². The molecule has 7 atom stereocenters. The average molecular weight is 548 g/mol. The number of ether oxygens (including phenoxy) is 1. The zero-order valence-electron chi connectivity index (χ0n) is 23.3. The topological polar surface area (TPSA) is 191 Å². The van der Waals surface area contributed by atoms with Crippen LogP contribution >= 0.6 is 0 Å². The van der Waals surface area contributed by atoms with E-state index in [9.17, 15) is 34.5 Å². The van der Waals surface area contributed by atoms with E-state index in [0.717, 1.165) is 32.1 Å². The van der Waals surface area contributed by atoms with E-state index in [2.05, 4.69) is 5.32 Å². The van der Waals surface area contributed by atoms with Crippen molar-refractivity contribution in [2.45, 2.75) is 123 Å². The summed E-state index contributed by atoms with van der Waals surface area (Å²) in [5.41, 5.74) is 0. The smallest absolute Gasteiger partial charge is 0.307 e. The van der Waals surface area contributed by atoms with E-state index in [1.54, 1.807) is 0 Å². The molecule has 0 saturated heterocycles. The summed E-state index contributed by atoms with van der Waals surface area (Å²) in [5.74, 6) is -5.14. The number of unbranched alkanes of at least 4 members (excludes halogenated alkanes) is 3. The molecule has 1 amide bonds. The van der Waals surface area contributed by atoms with E-state index in [4.69, 9.17) is 14.9 Å². The molecule has 0 fully saturated rings. The van der Waals surface area contributed by atoms with Gasteiger partial charge in [0.2, 0.25) is 5.91 Å². The number of nitrogens with one attached hydrogen (secondary N) is 1. The summed E-state index contributed by atoms with van der Waals surface area (Å²) in [6.07, 6.45) is 1.92. The fourth-order valence-corrected chi connectivity index (χ4v) is 4.33. The fourth-order valence-electron chi connectivity index (χ4n) is 4.33. The van der Waals surface area contributed by atoms with E-state index in [1.807, 2.05) is 20.8 Å². The Balaban J connectivity index is 4.45. The molecule has 38 heavy (non-hydrogen) atoms. The lowest BCUT2D eigenvalue weighted by atomic mass is 9.89. The van der Waals surface area contributed by atoms with Crippen molar-refractivity contribution in [1.82, 2.24) is 5.32 Å². The van der Waals surface area contributed by atoms with Crippen LogP contribution in [0.25, 0.3) is 0 Å². The second-order valence-electron chi connectivity index (χ2n) is 10.6. The van der Waals surface area contributed by atoms with Crippen molar-refractivity contribution in [2.24, 2.45) is 17.8 Å². The molecule has 0 rings (SSSR count). The standard InChI is InChI=1S/C27H49NO10/c1-5-18(3)26(38-25(35)14-20(27(36)37)13-24(33)34)23(32)12-17(2)10-8-6-7-9-11-21(30)15-22(31)16-28-19(4)29/h17-18,20-23,26,30-32H,5-16H2,1-4H3,(H,28,29)(H,33,34)(H,36,37)/t17-,18+,20?,21+,22-,23-,26+/m0/s1. The number of carbonyl (C=O) groups is 4. The van der Waals surface area contributed by atoms with Gasteiger partial charge in [0.1, 0.15) is 6.10 Å². The van der Waals surface area contributed by atoms with Crippen LogP contribution in [0.5, 0.6) is 0 Å². The Hall–Kier alpha value is -2.24. The van der Waals surface area contributed by atoms with Gasteiger partial charge in [-0.25, -0.2) is 0 Å². The molecule has 0 aromatic heterocycles. The van der Waals surface area contributed by atoms with Gasteiger partial charge in [-0.1, -0.05) is 52.9 Å². The second kappa shape index (κ2) is 19.8. The lowest BCUT2D eigenvalue weighted by Gasteiger charge is -2.30. The van der Waals surface area contributed by atoms with Gasteiger partial charge in [-0.2, -0.15) is 0 Å². The third kappa shape index (κ3) is 17.3. The lowest BCUT2D eigenvalue weighted by molar-refractivity contribution is -0.164. The van der Waals surface area contributed by atoms with Crippen molar-refractivity contribution < 1.29 is 49.4 Å². The minimum atomic E-state index is -1.39. The van der Waals surface area contributed by atoms with Gasteiger partial charge in [0.25, 0.3) is 0 Å². The molecule has 0 radical (unpaired) electrons. The minimum absolute atomic E-state index is 0.126. The molecule has 11 heteroatoms. The zero-order valence-corrected chi connectivity index (χ0v) is 23.3. The first-order valence-electron chi connectivity index (χ1n) is 13.7. The van der Waals surface area contributed by atoms with Crippen LogP contribution in [0, 0.1) is 17.8 Å². The van der Waals surface area contributed by atoms with Crippen LogP contribution in [0.15, 0.2) is 0 Å². The number of carboxylic acids is 2. The molecule has 0 bridgehead atoms. The number of amides is 1. The third-order valence-corrected chi connectivity index (χ3v) is 6.79. The monoisotopic (exact) mass is 547 g/mol. The van der Waals surface area contributed by atoms with E-state index < -0.39 is 61.1 Å². The number of hydrogen-bond donors (Lipinski definition) is 6. The number of carboxylic acid groups (broad SMARTS) is 2. The highest BCUT2D eigenvalue weighted by Crippen LogP contribution is 2.24. The summed E-state index contributed by atoms with van der Waals surface area (Å²) in [6, 6.07) is 0. The molecule has 0 saturated carbocycles. The molecule has 0 aromatic carbocycles. The Morgan fingerprint density at radius 2 is 1.45 bits per heavy atom. The van der Waals surface area contributed by atoms with Crippen molar-refractivity contribution in [3.05, 3.63) is 0 Å². The largest absolute Gasteiger partial charge is 0.481 e. The fraction of sp³-hybridized carbons (Fsp3) is 0.852. The molecule has 0 spiro atoms. The Kier molecular flexibility index (Phi) is 18.6.